The first-order chi connectivity index (χ1) is 13.7. The first-order valence-corrected chi connectivity index (χ1v) is 9.30. The highest BCUT2D eigenvalue weighted by atomic mass is 32.2. The molecule has 0 radical (unpaired) electrons. The minimum absolute atomic E-state index is 0.129. The summed E-state index contributed by atoms with van der Waals surface area (Å²) in [5.41, 5.74) is -1.59. The molecule has 0 unspecified atom stereocenters. The molecule has 11 nitrogen and oxygen atoms in total. The smallest absolute Gasteiger partial charge is 0.325 e. The van der Waals surface area contributed by atoms with Gasteiger partial charge in [0, 0.05) is 6.07 Å². The summed E-state index contributed by atoms with van der Waals surface area (Å²) in [5.74, 6) is -2.01. The number of nitro groups is 2. The predicted molar refractivity (Wildman–Crippen MR) is 101 cm³/mol. The normalized spacial score (nSPS) is 11.3. The molecule has 0 aliphatic rings. The molecule has 0 aliphatic heterocycles. The topological polar surface area (TPSA) is 159 Å². The minimum atomic E-state index is -2.02. The van der Waals surface area contributed by atoms with Crippen LogP contribution in [0.1, 0.15) is 15.9 Å². The Kier molecular flexibility index (Phi) is 7.09. The molecule has 0 spiro atoms. The Bertz CT molecular complexity index is 994. The van der Waals surface area contributed by atoms with E-state index >= 15 is 0 Å². The largest absolute Gasteiger partial charge is 0.468 e. The molecule has 2 rings (SSSR count). The van der Waals surface area contributed by atoms with Crippen molar-refractivity contribution in [3.63, 3.8) is 0 Å². The van der Waals surface area contributed by atoms with Crippen molar-refractivity contribution in [1.82, 2.24) is 5.32 Å². The molecule has 0 heterocycles. The Morgan fingerprint density at radius 2 is 1.76 bits per heavy atom. The molecule has 0 fully saturated rings. The van der Waals surface area contributed by atoms with Crippen molar-refractivity contribution in [2.75, 3.05) is 13.7 Å². The number of hydrogen-bond donors (Lipinski definition) is 1. The number of nitrogens with zero attached hydrogens (tertiary/aromatic N) is 2. The lowest BCUT2D eigenvalue weighted by atomic mass is 10.1. The molecule has 1 atom stereocenters. The van der Waals surface area contributed by atoms with Gasteiger partial charge >= 0.3 is 5.97 Å². The molecule has 29 heavy (non-hydrogen) atoms. The number of hydrogen-bond acceptors (Lipinski definition) is 8. The van der Waals surface area contributed by atoms with E-state index in [9.17, 15) is 34.0 Å². The van der Waals surface area contributed by atoms with E-state index in [2.05, 4.69) is 10.1 Å². The summed E-state index contributed by atoms with van der Waals surface area (Å²) in [6.07, 6.45) is 0. The van der Waals surface area contributed by atoms with Gasteiger partial charge in [-0.15, -0.1) is 0 Å². The molecule has 0 saturated heterocycles. The van der Waals surface area contributed by atoms with Crippen LogP contribution in [0.2, 0.25) is 0 Å². The molecule has 2 aromatic carbocycles. The lowest BCUT2D eigenvalue weighted by Gasteiger charge is -2.11. The third kappa shape index (κ3) is 5.42. The summed E-state index contributed by atoms with van der Waals surface area (Å²) in [6, 6.07) is 9.88. The highest BCUT2D eigenvalue weighted by Crippen LogP contribution is 2.31. The highest BCUT2D eigenvalue weighted by molar-refractivity contribution is 7.84. The SMILES string of the molecule is COC(=O)CNC(=O)c1c([N+](=O)[O-])cc([N+](=O)[O-])cc1[S@](=O)Cc1ccccc1. The summed E-state index contributed by atoms with van der Waals surface area (Å²) in [5, 5.41) is 24.7. The Balaban J connectivity index is 2.56. The summed E-state index contributed by atoms with van der Waals surface area (Å²) >= 11 is 0. The van der Waals surface area contributed by atoms with Crippen molar-refractivity contribution < 1.29 is 28.4 Å². The van der Waals surface area contributed by atoms with Gasteiger partial charge in [0.05, 0.1) is 44.5 Å². The molecule has 2 aromatic rings. The van der Waals surface area contributed by atoms with Gasteiger partial charge in [0.15, 0.2) is 0 Å². The van der Waals surface area contributed by atoms with Crippen LogP contribution in [0, 0.1) is 20.2 Å². The van der Waals surface area contributed by atoms with Crippen LogP contribution in [-0.4, -0.2) is 39.6 Å². The average molecular weight is 421 g/mol. The Labute approximate surface area is 166 Å². The molecular formula is C17H15N3O8S. The lowest BCUT2D eigenvalue weighted by molar-refractivity contribution is -0.394. The van der Waals surface area contributed by atoms with Crippen LogP contribution in [0.4, 0.5) is 11.4 Å². The van der Waals surface area contributed by atoms with Gasteiger partial charge in [-0.05, 0) is 5.56 Å². The number of carbonyl (C=O) groups is 2. The van der Waals surface area contributed by atoms with Gasteiger partial charge in [0.1, 0.15) is 12.1 Å². The second-order valence-corrected chi connectivity index (χ2v) is 7.01. The molecule has 0 aliphatic carbocycles. The number of rotatable bonds is 8. The molecule has 1 N–H and O–H groups in total. The number of ether oxygens (including phenoxy) is 1. The lowest BCUT2D eigenvalue weighted by Crippen LogP contribution is -2.31. The molecule has 12 heteroatoms. The van der Waals surface area contributed by atoms with E-state index < -0.39 is 56.0 Å². The fraction of sp³-hybridized carbons (Fsp3) is 0.176. The zero-order chi connectivity index (χ0) is 21.6. The van der Waals surface area contributed by atoms with Crippen molar-refractivity contribution in [3.8, 4) is 0 Å². The van der Waals surface area contributed by atoms with E-state index in [0.29, 0.717) is 11.6 Å². The number of amides is 1. The maximum atomic E-state index is 12.9. The number of carbonyl (C=O) groups excluding carboxylic acids is 2. The van der Waals surface area contributed by atoms with Gasteiger partial charge < -0.3 is 10.1 Å². The first kappa shape index (κ1) is 21.6. The quantitative estimate of drug-likeness (QED) is 0.383. The van der Waals surface area contributed by atoms with E-state index in [1.165, 1.54) is 0 Å². The van der Waals surface area contributed by atoms with Crippen LogP contribution in [0.15, 0.2) is 47.4 Å². The van der Waals surface area contributed by atoms with Gasteiger partial charge in [-0.3, -0.25) is 34.0 Å². The van der Waals surface area contributed by atoms with Crippen molar-refractivity contribution in [3.05, 3.63) is 73.8 Å². The summed E-state index contributed by atoms with van der Waals surface area (Å²) < 4.78 is 17.3. The zero-order valence-corrected chi connectivity index (χ0v) is 15.8. The summed E-state index contributed by atoms with van der Waals surface area (Å²) in [4.78, 5) is 44.1. The molecule has 0 aromatic heterocycles. The fourth-order valence-corrected chi connectivity index (χ4v) is 3.69. The number of nitrogens with one attached hydrogen (secondary N) is 1. The number of methoxy groups -OCH3 is 1. The third-order valence-electron chi connectivity index (χ3n) is 3.71. The second-order valence-electron chi connectivity index (χ2n) is 5.59. The molecule has 0 saturated carbocycles. The van der Waals surface area contributed by atoms with Crippen molar-refractivity contribution in [1.29, 1.82) is 0 Å². The van der Waals surface area contributed by atoms with Gasteiger partial charge in [-0.2, -0.15) is 0 Å². The second kappa shape index (κ2) is 9.50. The zero-order valence-electron chi connectivity index (χ0n) is 15.0. The van der Waals surface area contributed by atoms with Crippen LogP contribution < -0.4 is 5.32 Å². The minimum Gasteiger partial charge on any atom is -0.468 e. The Hall–Kier alpha value is -3.67. The Morgan fingerprint density at radius 1 is 1.10 bits per heavy atom. The van der Waals surface area contributed by atoms with Crippen molar-refractivity contribution in [2.24, 2.45) is 0 Å². The maximum Gasteiger partial charge on any atom is 0.325 e. The highest BCUT2D eigenvalue weighted by Gasteiger charge is 2.31. The van der Waals surface area contributed by atoms with Gasteiger partial charge in [-0.1, -0.05) is 30.3 Å². The number of non-ortho nitro benzene ring substituents is 1. The van der Waals surface area contributed by atoms with E-state index in [0.717, 1.165) is 13.2 Å². The standard InChI is InChI=1S/C17H15N3O8S/c1-28-15(21)9-18-17(22)16-13(20(25)26)7-12(19(23)24)8-14(16)29(27)10-11-5-3-2-4-6-11/h2-8H,9-10H2,1H3,(H,18,22)/t29-/m1/s1. The Morgan fingerprint density at radius 3 is 2.31 bits per heavy atom. The van der Waals surface area contributed by atoms with Crippen LogP contribution in [0.3, 0.4) is 0 Å². The van der Waals surface area contributed by atoms with Gasteiger partial charge in [-0.25, -0.2) is 0 Å². The van der Waals surface area contributed by atoms with Crippen LogP contribution in [-0.2, 0) is 26.1 Å². The molecular weight excluding hydrogens is 406 g/mol. The maximum absolute atomic E-state index is 12.9. The average Bonchev–Trinajstić information content (AvgIpc) is 2.71. The van der Waals surface area contributed by atoms with E-state index in [-0.39, 0.29) is 10.6 Å². The number of nitro benzene ring substituents is 2. The molecule has 152 valence electrons. The predicted octanol–water partition coefficient (Wildman–Crippen LogP) is 1.71. The van der Waals surface area contributed by atoms with Crippen molar-refractivity contribution in [2.45, 2.75) is 10.6 Å². The van der Waals surface area contributed by atoms with Gasteiger partial charge in [0.25, 0.3) is 17.3 Å². The van der Waals surface area contributed by atoms with E-state index in [4.69, 9.17) is 0 Å². The van der Waals surface area contributed by atoms with Crippen molar-refractivity contribution >= 4 is 34.1 Å². The van der Waals surface area contributed by atoms with E-state index in [1.54, 1.807) is 30.3 Å². The molecule has 0 bridgehead atoms. The number of esters is 1. The first-order valence-electron chi connectivity index (χ1n) is 7.98. The third-order valence-corrected chi connectivity index (χ3v) is 5.12. The molecule has 1 amide bonds. The van der Waals surface area contributed by atoms with Gasteiger partial charge in [0.2, 0.25) is 0 Å². The number of benzene rings is 2. The fourth-order valence-electron chi connectivity index (χ4n) is 2.36. The van der Waals surface area contributed by atoms with E-state index in [1.807, 2.05) is 0 Å². The monoisotopic (exact) mass is 421 g/mol. The van der Waals surface area contributed by atoms with Crippen LogP contribution in [0.5, 0.6) is 0 Å². The summed E-state index contributed by atoms with van der Waals surface area (Å²) in [7, 11) is -0.936. The van der Waals surface area contributed by atoms with Crippen LogP contribution in [0.25, 0.3) is 0 Å². The van der Waals surface area contributed by atoms with Crippen LogP contribution >= 0.6 is 0 Å². The summed E-state index contributed by atoms with van der Waals surface area (Å²) in [6.45, 7) is -0.589.